The van der Waals surface area contributed by atoms with Crippen molar-refractivity contribution in [3.63, 3.8) is 0 Å². The van der Waals surface area contributed by atoms with Gasteiger partial charge in [-0.15, -0.1) is 0 Å². The zero-order valence-corrected chi connectivity index (χ0v) is 14.7. The molecule has 2 aromatic carbocycles. The highest BCUT2D eigenvalue weighted by atomic mass is 16.2. The Morgan fingerprint density at radius 1 is 1.04 bits per heavy atom. The average molecular weight is 336 g/mol. The molecular weight excluding hydrogens is 312 g/mol. The van der Waals surface area contributed by atoms with Gasteiger partial charge in [-0.25, -0.2) is 0 Å². The van der Waals surface area contributed by atoms with E-state index in [0.717, 1.165) is 17.7 Å². The van der Waals surface area contributed by atoms with Gasteiger partial charge in [0.25, 0.3) is 0 Å². The van der Waals surface area contributed by atoms with Gasteiger partial charge in [0, 0.05) is 12.2 Å². The van der Waals surface area contributed by atoms with Crippen molar-refractivity contribution >= 4 is 17.5 Å². The molecule has 3 rings (SSSR count). The Bertz CT molecular complexity index is 756. The van der Waals surface area contributed by atoms with E-state index in [4.69, 9.17) is 0 Å². The Labute approximate surface area is 148 Å². The van der Waals surface area contributed by atoms with Gasteiger partial charge in [-0.2, -0.15) is 0 Å². The number of anilines is 1. The number of hydrogen-bond acceptors (Lipinski definition) is 2. The second-order valence-electron chi connectivity index (χ2n) is 6.82. The van der Waals surface area contributed by atoms with E-state index in [2.05, 4.69) is 11.4 Å². The predicted octanol–water partition coefficient (Wildman–Crippen LogP) is 2.96. The molecule has 4 heteroatoms. The maximum atomic E-state index is 13.0. The van der Waals surface area contributed by atoms with Gasteiger partial charge in [0.2, 0.25) is 11.8 Å². The molecule has 130 valence electrons. The highest BCUT2D eigenvalue weighted by Crippen LogP contribution is 2.28. The van der Waals surface area contributed by atoms with Crippen LogP contribution >= 0.6 is 0 Å². The van der Waals surface area contributed by atoms with Crippen molar-refractivity contribution in [1.82, 2.24) is 5.32 Å². The number of rotatable bonds is 5. The first-order valence-corrected chi connectivity index (χ1v) is 8.79. The molecule has 2 amide bonds. The summed E-state index contributed by atoms with van der Waals surface area (Å²) in [5.41, 5.74) is 3.10. The number of para-hydroxylation sites is 1. The number of fused-ring (bicyclic) bond motifs is 1. The average Bonchev–Trinajstić information content (AvgIpc) is 3.04. The molecule has 0 bridgehead atoms. The van der Waals surface area contributed by atoms with E-state index < -0.39 is 6.04 Å². The molecule has 0 aromatic heterocycles. The number of benzene rings is 2. The van der Waals surface area contributed by atoms with Crippen molar-refractivity contribution in [3.05, 3.63) is 65.7 Å². The van der Waals surface area contributed by atoms with E-state index in [1.807, 2.05) is 67.3 Å². The fraction of sp³-hybridized carbons (Fsp3) is 0.333. The lowest BCUT2D eigenvalue weighted by atomic mass is 10.0. The van der Waals surface area contributed by atoms with Crippen molar-refractivity contribution in [2.45, 2.75) is 32.7 Å². The molecule has 0 unspecified atom stereocenters. The van der Waals surface area contributed by atoms with Gasteiger partial charge >= 0.3 is 0 Å². The van der Waals surface area contributed by atoms with Crippen molar-refractivity contribution < 1.29 is 9.59 Å². The minimum Gasteiger partial charge on any atom is -0.344 e. The predicted molar refractivity (Wildman–Crippen MR) is 99.4 cm³/mol. The summed E-state index contributed by atoms with van der Waals surface area (Å²) in [5, 5.41) is 2.94. The van der Waals surface area contributed by atoms with Crippen molar-refractivity contribution in [2.24, 2.45) is 5.92 Å². The van der Waals surface area contributed by atoms with Crippen LogP contribution < -0.4 is 10.2 Å². The molecule has 1 atom stereocenters. The van der Waals surface area contributed by atoms with Gasteiger partial charge in [0.15, 0.2) is 0 Å². The van der Waals surface area contributed by atoms with Gasteiger partial charge in [-0.1, -0.05) is 62.4 Å². The van der Waals surface area contributed by atoms with Crippen LogP contribution in [0.3, 0.4) is 0 Å². The lowest BCUT2D eigenvalue weighted by molar-refractivity contribution is -0.128. The van der Waals surface area contributed by atoms with E-state index in [1.54, 1.807) is 0 Å². The van der Waals surface area contributed by atoms with Crippen LogP contribution in [0.4, 0.5) is 5.69 Å². The second-order valence-corrected chi connectivity index (χ2v) is 6.82. The third-order valence-corrected chi connectivity index (χ3v) is 4.61. The van der Waals surface area contributed by atoms with Crippen molar-refractivity contribution in [1.29, 1.82) is 0 Å². The van der Waals surface area contributed by atoms with Crippen molar-refractivity contribution in [3.8, 4) is 0 Å². The number of amides is 2. The number of hydrogen-bond donors (Lipinski definition) is 1. The molecule has 2 aromatic rings. The van der Waals surface area contributed by atoms with Crippen LogP contribution in [-0.2, 0) is 22.4 Å². The molecule has 1 aliphatic heterocycles. The Kier molecular flexibility index (Phi) is 5.17. The Morgan fingerprint density at radius 2 is 1.72 bits per heavy atom. The maximum Gasteiger partial charge on any atom is 0.249 e. The monoisotopic (exact) mass is 336 g/mol. The maximum absolute atomic E-state index is 13.0. The third-order valence-electron chi connectivity index (χ3n) is 4.61. The molecule has 0 spiro atoms. The summed E-state index contributed by atoms with van der Waals surface area (Å²) in [7, 11) is 0. The fourth-order valence-electron chi connectivity index (χ4n) is 3.25. The molecule has 0 saturated carbocycles. The van der Waals surface area contributed by atoms with Gasteiger partial charge in [0.05, 0.1) is 6.42 Å². The van der Waals surface area contributed by atoms with Gasteiger partial charge < -0.3 is 10.2 Å². The van der Waals surface area contributed by atoms with E-state index >= 15 is 0 Å². The van der Waals surface area contributed by atoms with Gasteiger partial charge in [-0.05, 0) is 29.5 Å². The first-order valence-electron chi connectivity index (χ1n) is 8.79. The van der Waals surface area contributed by atoms with E-state index in [1.165, 1.54) is 5.56 Å². The van der Waals surface area contributed by atoms with Crippen LogP contribution in [0, 0.1) is 5.92 Å². The summed E-state index contributed by atoms with van der Waals surface area (Å²) >= 11 is 0. The zero-order valence-electron chi connectivity index (χ0n) is 14.7. The molecule has 0 fully saturated rings. The Balaban J connectivity index is 1.71. The third kappa shape index (κ3) is 3.90. The van der Waals surface area contributed by atoms with E-state index in [0.29, 0.717) is 6.54 Å². The first kappa shape index (κ1) is 17.2. The molecule has 4 nitrogen and oxygen atoms in total. The Morgan fingerprint density at radius 3 is 2.44 bits per heavy atom. The highest BCUT2D eigenvalue weighted by Gasteiger charge is 2.32. The summed E-state index contributed by atoms with van der Waals surface area (Å²) in [6, 6.07) is 17.0. The normalized spacial score (nSPS) is 14.3. The topological polar surface area (TPSA) is 49.4 Å². The van der Waals surface area contributed by atoms with E-state index in [-0.39, 0.29) is 24.2 Å². The molecule has 1 heterocycles. The molecular formula is C21H24N2O2. The minimum absolute atomic E-state index is 0.0265. The summed E-state index contributed by atoms with van der Waals surface area (Å²) < 4.78 is 0. The van der Waals surface area contributed by atoms with Crippen LogP contribution in [0.25, 0.3) is 0 Å². The number of nitrogens with zero attached hydrogens (tertiary/aromatic N) is 1. The molecule has 0 saturated heterocycles. The van der Waals surface area contributed by atoms with Crippen LogP contribution in [0.1, 0.15) is 25.0 Å². The fourth-order valence-corrected chi connectivity index (χ4v) is 3.25. The Hall–Kier alpha value is -2.62. The standard InChI is InChI=1S/C21H24N2O2/c1-15(2)20(22-19(24)14-16-8-4-3-5-9-16)21(25)23-13-12-17-10-6-7-11-18(17)23/h3-11,15,20H,12-14H2,1-2H3,(H,22,24)/t20-/m1/s1. The zero-order chi connectivity index (χ0) is 17.8. The molecule has 0 aliphatic carbocycles. The number of carbonyl (C=O) groups excluding carboxylic acids is 2. The van der Waals surface area contributed by atoms with Crippen molar-refractivity contribution in [2.75, 3.05) is 11.4 Å². The second kappa shape index (κ2) is 7.51. The molecule has 25 heavy (non-hydrogen) atoms. The number of nitrogens with one attached hydrogen (secondary N) is 1. The smallest absolute Gasteiger partial charge is 0.249 e. The minimum atomic E-state index is -0.512. The van der Waals surface area contributed by atoms with Crippen LogP contribution in [0.15, 0.2) is 54.6 Å². The lowest BCUT2D eigenvalue weighted by Gasteiger charge is -2.27. The first-order chi connectivity index (χ1) is 12.1. The largest absolute Gasteiger partial charge is 0.344 e. The molecule has 1 N–H and O–H groups in total. The highest BCUT2D eigenvalue weighted by molar-refractivity contribution is 6.01. The summed E-state index contributed by atoms with van der Waals surface area (Å²) in [6.07, 6.45) is 1.15. The van der Waals surface area contributed by atoms with Gasteiger partial charge in [0.1, 0.15) is 6.04 Å². The molecule has 1 aliphatic rings. The molecule has 0 radical (unpaired) electrons. The van der Waals surface area contributed by atoms with Crippen LogP contribution in [0.5, 0.6) is 0 Å². The summed E-state index contributed by atoms with van der Waals surface area (Å²) in [5.74, 6) is -0.118. The lowest BCUT2D eigenvalue weighted by Crippen LogP contribution is -2.51. The SMILES string of the molecule is CC(C)[C@@H](NC(=O)Cc1ccccc1)C(=O)N1CCc2ccccc21. The van der Waals surface area contributed by atoms with Crippen LogP contribution in [0.2, 0.25) is 0 Å². The number of carbonyl (C=O) groups is 2. The van der Waals surface area contributed by atoms with Gasteiger partial charge in [-0.3, -0.25) is 9.59 Å². The quantitative estimate of drug-likeness (QED) is 0.912. The van der Waals surface area contributed by atoms with E-state index in [9.17, 15) is 9.59 Å². The summed E-state index contributed by atoms with van der Waals surface area (Å²) in [4.78, 5) is 27.3. The van der Waals surface area contributed by atoms with Crippen LogP contribution in [-0.4, -0.2) is 24.4 Å². The summed E-state index contributed by atoms with van der Waals surface area (Å²) in [6.45, 7) is 4.61.